The van der Waals surface area contributed by atoms with Crippen molar-refractivity contribution in [1.82, 2.24) is 9.97 Å². The Kier molecular flexibility index (Phi) is 1.69. The summed E-state index contributed by atoms with van der Waals surface area (Å²) in [7, 11) is 0. The van der Waals surface area contributed by atoms with Gasteiger partial charge in [0, 0.05) is 4.47 Å². The molecule has 1 heterocycles. The van der Waals surface area contributed by atoms with E-state index >= 15 is 0 Å². The number of hydrogen-bond acceptors (Lipinski definition) is 2. The van der Waals surface area contributed by atoms with Crippen LogP contribution in [0.2, 0.25) is 0 Å². The third-order valence-corrected chi connectivity index (χ3v) is 2.20. The molecule has 2 aromatic rings. The Bertz CT molecular complexity index is 478. The lowest BCUT2D eigenvalue weighted by atomic mass is 10.3. The average Bonchev–Trinajstić information content (AvgIpc) is 2.04. The molecule has 1 aromatic heterocycles. The molecule has 0 aliphatic heterocycles. The summed E-state index contributed by atoms with van der Waals surface area (Å²) in [5.74, 6) is 0. The molecule has 1 aromatic carbocycles. The molecule has 2 rings (SSSR count). The Morgan fingerprint density at radius 1 is 1.42 bits per heavy atom. The monoisotopic (exact) mass is 224 g/mol. The molecular formula is C8H5BrN2O. The molecule has 1 N–H and O–H groups in total. The smallest absolute Gasteiger partial charge is 0.266 e. The van der Waals surface area contributed by atoms with Gasteiger partial charge in [-0.05, 0) is 28.1 Å². The summed E-state index contributed by atoms with van der Waals surface area (Å²) in [6.45, 7) is 0. The van der Waals surface area contributed by atoms with Crippen LogP contribution < -0.4 is 5.56 Å². The van der Waals surface area contributed by atoms with Gasteiger partial charge in [0.2, 0.25) is 0 Å². The van der Waals surface area contributed by atoms with E-state index in [4.69, 9.17) is 0 Å². The van der Waals surface area contributed by atoms with E-state index in [2.05, 4.69) is 25.9 Å². The van der Waals surface area contributed by atoms with Crippen LogP contribution in [0.3, 0.4) is 0 Å². The summed E-state index contributed by atoms with van der Waals surface area (Å²) in [6, 6.07) is 5.55. The molecule has 0 saturated carbocycles. The Labute approximate surface area is 76.6 Å². The zero-order valence-corrected chi connectivity index (χ0v) is 7.63. The predicted molar refractivity (Wildman–Crippen MR) is 50.1 cm³/mol. The van der Waals surface area contributed by atoms with Gasteiger partial charge in [-0.1, -0.05) is 6.07 Å². The fraction of sp³-hybridized carbons (Fsp3) is 0. The van der Waals surface area contributed by atoms with Crippen LogP contribution in [0.25, 0.3) is 11.0 Å². The molecule has 0 unspecified atom stereocenters. The van der Waals surface area contributed by atoms with E-state index in [-0.39, 0.29) is 5.56 Å². The van der Waals surface area contributed by atoms with Gasteiger partial charge in [-0.2, -0.15) is 0 Å². The number of para-hydroxylation sites is 1. The third-order valence-electron chi connectivity index (χ3n) is 1.56. The molecule has 0 fully saturated rings. The van der Waals surface area contributed by atoms with Crippen molar-refractivity contribution in [2.45, 2.75) is 0 Å². The number of rotatable bonds is 0. The Hall–Kier alpha value is -1.16. The first-order chi connectivity index (χ1) is 5.77. The average molecular weight is 225 g/mol. The lowest BCUT2D eigenvalue weighted by molar-refractivity contribution is 1.21. The minimum atomic E-state index is -0.180. The Morgan fingerprint density at radius 2 is 2.25 bits per heavy atom. The zero-order chi connectivity index (χ0) is 8.55. The number of halogens is 1. The highest BCUT2D eigenvalue weighted by atomic mass is 79.9. The summed E-state index contributed by atoms with van der Waals surface area (Å²) < 4.78 is 0.885. The second-order valence-electron chi connectivity index (χ2n) is 2.38. The van der Waals surface area contributed by atoms with Crippen molar-refractivity contribution in [3.05, 3.63) is 39.2 Å². The van der Waals surface area contributed by atoms with Gasteiger partial charge in [0.15, 0.2) is 0 Å². The molecule has 0 saturated heterocycles. The van der Waals surface area contributed by atoms with Gasteiger partial charge in [0.1, 0.15) is 5.52 Å². The molecule has 0 aliphatic rings. The molecule has 0 amide bonds. The van der Waals surface area contributed by atoms with Gasteiger partial charge < -0.3 is 4.98 Å². The molecule has 4 heteroatoms. The van der Waals surface area contributed by atoms with Crippen molar-refractivity contribution in [2.24, 2.45) is 0 Å². The van der Waals surface area contributed by atoms with Crippen molar-refractivity contribution in [3.8, 4) is 0 Å². The lowest BCUT2D eigenvalue weighted by Gasteiger charge is -1.96. The number of nitrogens with zero attached hydrogens (tertiary/aromatic N) is 1. The maximum Gasteiger partial charge on any atom is 0.266 e. The molecular weight excluding hydrogens is 220 g/mol. The van der Waals surface area contributed by atoms with Crippen molar-refractivity contribution < 1.29 is 0 Å². The number of hydrogen-bond donors (Lipinski definition) is 1. The van der Waals surface area contributed by atoms with E-state index in [1.54, 1.807) is 0 Å². The number of H-pyrrole nitrogens is 1. The van der Waals surface area contributed by atoms with Crippen molar-refractivity contribution in [1.29, 1.82) is 0 Å². The number of aromatic amines is 1. The zero-order valence-electron chi connectivity index (χ0n) is 6.04. The fourth-order valence-corrected chi connectivity index (χ4v) is 1.50. The van der Waals surface area contributed by atoms with E-state index in [9.17, 15) is 4.79 Å². The standard InChI is InChI=1S/C8H5BrN2O/c9-5-2-1-3-6-8(5)10-4-7(12)11-6/h1-4H,(H,11,12). The van der Waals surface area contributed by atoms with Crippen LogP contribution in [0.5, 0.6) is 0 Å². The minimum absolute atomic E-state index is 0.180. The molecule has 60 valence electrons. The summed E-state index contributed by atoms with van der Waals surface area (Å²) in [5, 5.41) is 0. The largest absolute Gasteiger partial charge is 0.319 e. The van der Waals surface area contributed by atoms with E-state index in [1.807, 2.05) is 18.2 Å². The number of nitrogens with one attached hydrogen (secondary N) is 1. The van der Waals surface area contributed by atoms with Crippen LogP contribution in [0.15, 0.2) is 33.7 Å². The van der Waals surface area contributed by atoms with Crippen molar-refractivity contribution in [3.63, 3.8) is 0 Å². The molecule has 3 nitrogen and oxygen atoms in total. The first kappa shape index (κ1) is 7.49. The fourth-order valence-electron chi connectivity index (χ4n) is 1.04. The van der Waals surface area contributed by atoms with Crippen LogP contribution in [0, 0.1) is 0 Å². The summed E-state index contributed by atoms with van der Waals surface area (Å²) >= 11 is 3.34. The highest BCUT2D eigenvalue weighted by Gasteiger charge is 1.98. The summed E-state index contributed by atoms with van der Waals surface area (Å²) in [6.07, 6.45) is 1.27. The molecule has 12 heavy (non-hydrogen) atoms. The van der Waals surface area contributed by atoms with Gasteiger partial charge >= 0.3 is 0 Å². The summed E-state index contributed by atoms with van der Waals surface area (Å²) in [5.41, 5.74) is 1.34. The van der Waals surface area contributed by atoms with E-state index in [1.165, 1.54) is 6.20 Å². The molecule has 0 spiro atoms. The maximum absolute atomic E-state index is 10.9. The first-order valence-electron chi connectivity index (χ1n) is 3.41. The van der Waals surface area contributed by atoms with Gasteiger partial charge in [-0.3, -0.25) is 4.79 Å². The second-order valence-corrected chi connectivity index (χ2v) is 3.24. The van der Waals surface area contributed by atoms with Crippen molar-refractivity contribution in [2.75, 3.05) is 0 Å². The van der Waals surface area contributed by atoms with Crippen LogP contribution in [0.1, 0.15) is 0 Å². The predicted octanol–water partition coefficient (Wildman–Crippen LogP) is 1.69. The van der Waals surface area contributed by atoms with E-state index < -0.39 is 0 Å². The molecule has 0 atom stereocenters. The lowest BCUT2D eigenvalue weighted by Crippen LogP contribution is -2.04. The van der Waals surface area contributed by atoms with Gasteiger partial charge in [0.05, 0.1) is 11.7 Å². The van der Waals surface area contributed by atoms with Crippen LogP contribution >= 0.6 is 15.9 Å². The second kappa shape index (κ2) is 2.71. The van der Waals surface area contributed by atoms with Gasteiger partial charge in [-0.15, -0.1) is 0 Å². The highest BCUT2D eigenvalue weighted by Crippen LogP contribution is 2.18. The van der Waals surface area contributed by atoms with E-state index in [0.717, 1.165) is 15.5 Å². The van der Waals surface area contributed by atoms with Crippen LogP contribution in [-0.2, 0) is 0 Å². The Morgan fingerprint density at radius 3 is 3.08 bits per heavy atom. The van der Waals surface area contributed by atoms with Crippen LogP contribution in [0.4, 0.5) is 0 Å². The summed E-state index contributed by atoms with van der Waals surface area (Å²) in [4.78, 5) is 17.5. The third kappa shape index (κ3) is 1.14. The highest BCUT2D eigenvalue weighted by molar-refractivity contribution is 9.10. The quantitative estimate of drug-likeness (QED) is 0.741. The minimum Gasteiger partial charge on any atom is -0.319 e. The van der Waals surface area contributed by atoms with Gasteiger partial charge in [-0.25, -0.2) is 4.98 Å². The first-order valence-corrected chi connectivity index (χ1v) is 4.20. The number of benzene rings is 1. The number of aromatic nitrogens is 2. The van der Waals surface area contributed by atoms with E-state index in [0.29, 0.717) is 0 Å². The molecule has 0 bridgehead atoms. The van der Waals surface area contributed by atoms with Crippen LogP contribution in [-0.4, -0.2) is 9.97 Å². The normalized spacial score (nSPS) is 10.4. The number of fused-ring (bicyclic) bond motifs is 1. The van der Waals surface area contributed by atoms with Crippen molar-refractivity contribution >= 4 is 27.0 Å². The van der Waals surface area contributed by atoms with Gasteiger partial charge in [0.25, 0.3) is 5.56 Å². The molecule has 0 aliphatic carbocycles. The topological polar surface area (TPSA) is 45.8 Å². The Balaban J connectivity index is 2.96. The maximum atomic E-state index is 10.9. The molecule has 0 radical (unpaired) electrons. The SMILES string of the molecule is O=c1cnc2c(Br)cccc2[nH]1.